The first-order valence-corrected chi connectivity index (χ1v) is 8.59. The number of rotatable bonds is 10. The molecule has 1 aromatic rings. The van der Waals surface area contributed by atoms with Gasteiger partial charge in [-0.2, -0.15) is 0 Å². The summed E-state index contributed by atoms with van der Waals surface area (Å²) in [5.74, 6) is 0.723. The van der Waals surface area contributed by atoms with Crippen molar-refractivity contribution in [3.63, 3.8) is 0 Å². The third-order valence-electron chi connectivity index (χ3n) is 3.87. The van der Waals surface area contributed by atoms with Gasteiger partial charge in [0.2, 0.25) is 0 Å². The summed E-state index contributed by atoms with van der Waals surface area (Å²) in [6.07, 6.45) is 8.21. The van der Waals surface area contributed by atoms with E-state index < -0.39 is 0 Å². The van der Waals surface area contributed by atoms with E-state index in [2.05, 4.69) is 43.4 Å². The second-order valence-corrected chi connectivity index (χ2v) is 7.06. The van der Waals surface area contributed by atoms with E-state index in [0.717, 1.165) is 25.4 Å². The van der Waals surface area contributed by atoms with Gasteiger partial charge in [-0.3, -0.25) is 0 Å². The number of aromatic nitrogens is 1. The molecule has 3 heteroatoms. The molecule has 1 heterocycles. The number of nitrogens with zero attached hydrogens (tertiary/aromatic N) is 1. The van der Waals surface area contributed by atoms with Gasteiger partial charge in [-0.25, -0.2) is 4.98 Å². The molecule has 2 nitrogen and oxygen atoms in total. The first kappa shape index (κ1) is 16.6. The summed E-state index contributed by atoms with van der Waals surface area (Å²) < 4.78 is 0. The summed E-state index contributed by atoms with van der Waals surface area (Å²) in [6, 6.07) is 0. The first-order valence-electron chi connectivity index (χ1n) is 7.71. The van der Waals surface area contributed by atoms with Crippen molar-refractivity contribution in [2.24, 2.45) is 11.3 Å². The van der Waals surface area contributed by atoms with E-state index in [1.54, 1.807) is 11.3 Å². The molecule has 1 N–H and O–H groups in total. The fraction of sp³-hybridized carbons (Fsp3) is 0.812. The predicted molar refractivity (Wildman–Crippen MR) is 85.8 cm³/mol. The number of nitrogens with one attached hydrogen (secondary N) is 1. The van der Waals surface area contributed by atoms with Crippen molar-refractivity contribution in [2.75, 3.05) is 13.1 Å². The van der Waals surface area contributed by atoms with Crippen LogP contribution in [0.4, 0.5) is 0 Å². The molecular weight excluding hydrogens is 252 g/mol. The van der Waals surface area contributed by atoms with Gasteiger partial charge in [0.25, 0.3) is 0 Å². The van der Waals surface area contributed by atoms with Crippen molar-refractivity contribution in [3.05, 3.63) is 16.6 Å². The minimum Gasteiger partial charge on any atom is -0.316 e. The Morgan fingerprint density at radius 3 is 2.68 bits per heavy atom. The van der Waals surface area contributed by atoms with Crippen LogP contribution in [-0.2, 0) is 6.42 Å². The van der Waals surface area contributed by atoms with Crippen molar-refractivity contribution >= 4 is 11.3 Å². The van der Waals surface area contributed by atoms with Gasteiger partial charge in [0.15, 0.2) is 0 Å². The Balaban J connectivity index is 2.63. The molecule has 0 radical (unpaired) electrons. The molecule has 0 aromatic carbocycles. The van der Waals surface area contributed by atoms with Crippen LogP contribution in [0.5, 0.6) is 0 Å². The van der Waals surface area contributed by atoms with Gasteiger partial charge >= 0.3 is 0 Å². The molecule has 0 saturated carbocycles. The molecule has 1 aromatic heterocycles. The summed E-state index contributed by atoms with van der Waals surface area (Å²) in [5.41, 5.74) is 0.392. The molecule has 0 saturated heterocycles. The Morgan fingerprint density at radius 2 is 2.16 bits per heavy atom. The van der Waals surface area contributed by atoms with Crippen LogP contribution in [-0.4, -0.2) is 18.1 Å². The summed E-state index contributed by atoms with van der Waals surface area (Å²) in [6.45, 7) is 11.4. The summed E-state index contributed by atoms with van der Waals surface area (Å²) >= 11 is 1.80. The number of thiazole rings is 1. The molecule has 0 aliphatic rings. The van der Waals surface area contributed by atoms with E-state index in [4.69, 9.17) is 0 Å². The van der Waals surface area contributed by atoms with Crippen LogP contribution in [0.1, 0.15) is 58.4 Å². The van der Waals surface area contributed by atoms with Crippen LogP contribution in [0.15, 0.2) is 11.6 Å². The van der Waals surface area contributed by atoms with Gasteiger partial charge < -0.3 is 5.32 Å². The van der Waals surface area contributed by atoms with Gasteiger partial charge in [-0.05, 0) is 30.7 Å². The van der Waals surface area contributed by atoms with Crippen molar-refractivity contribution in [1.29, 1.82) is 0 Å². The molecule has 0 aliphatic heterocycles. The minimum atomic E-state index is 0.392. The van der Waals surface area contributed by atoms with Gasteiger partial charge in [0.1, 0.15) is 0 Å². The van der Waals surface area contributed by atoms with Gasteiger partial charge in [0, 0.05) is 24.5 Å². The summed E-state index contributed by atoms with van der Waals surface area (Å²) in [7, 11) is 0. The largest absolute Gasteiger partial charge is 0.316 e. The molecule has 0 aliphatic carbocycles. The van der Waals surface area contributed by atoms with Crippen molar-refractivity contribution in [2.45, 2.75) is 59.8 Å². The zero-order valence-corrected chi connectivity index (χ0v) is 13.9. The fourth-order valence-corrected chi connectivity index (χ4v) is 3.29. The monoisotopic (exact) mass is 282 g/mol. The second kappa shape index (κ2) is 8.70. The van der Waals surface area contributed by atoms with Crippen LogP contribution < -0.4 is 5.32 Å². The van der Waals surface area contributed by atoms with E-state index in [9.17, 15) is 0 Å². The molecule has 1 unspecified atom stereocenters. The SMILES string of the molecule is CCCCC(CC)(CNCC(C)C)Cc1nccs1. The molecule has 0 fully saturated rings. The van der Waals surface area contributed by atoms with Crippen molar-refractivity contribution in [1.82, 2.24) is 10.3 Å². The third kappa shape index (κ3) is 6.05. The highest BCUT2D eigenvalue weighted by molar-refractivity contribution is 7.09. The lowest BCUT2D eigenvalue weighted by Gasteiger charge is -2.33. The van der Waals surface area contributed by atoms with E-state index in [0.29, 0.717) is 5.41 Å². The highest BCUT2D eigenvalue weighted by Gasteiger charge is 2.28. The van der Waals surface area contributed by atoms with Crippen LogP contribution in [0.25, 0.3) is 0 Å². The van der Waals surface area contributed by atoms with E-state index >= 15 is 0 Å². The third-order valence-corrected chi connectivity index (χ3v) is 4.65. The molecule has 1 atom stereocenters. The van der Waals surface area contributed by atoms with Crippen molar-refractivity contribution < 1.29 is 0 Å². The molecule has 0 spiro atoms. The summed E-state index contributed by atoms with van der Waals surface area (Å²) in [5, 5.41) is 7.06. The smallest absolute Gasteiger partial charge is 0.0930 e. The Morgan fingerprint density at radius 1 is 1.37 bits per heavy atom. The highest BCUT2D eigenvalue weighted by atomic mass is 32.1. The standard InChI is InChI=1S/C16H30N2S/c1-5-7-8-16(6-2,13-17-12-14(3)4)11-15-18-9-10-19-15/h9-10,14,17H,5-8,11-13H2,1-4H3. The minimum absolute atomic E-state index is 0.392. The van der Waals surface area contributed by atoms with E-state index in [-0.39, 0.29) is 0 Å². The lowest BCUT2D eigenvalue weighted by molar-refractivity contribution is 0.226. The second-order valence-electron chi connectivity index (χ2n) is 6.08. The quantitative estimate of drug-likeness (QED) is 0.682. The Bertz CT molecular complexity index is 321. The molecule has 110 valence electrons. The normalized spacial score (nSPS) is 14.8. The van der Waals surface area contributed by atoms with Crippen LogP contribution in [0.3, 0.4) is 0 Å². The van der Waals surface area contributed by atoms with Crippen molar-refractivity contribution in [3.8, 4) is 0 Å². The maximum Gasteiger partial charge on any atom is 0.0930 e. The topological polar surface area (TPSA) is 24.9 Å². The lowest BCUT2D eigenvalue weighted by atomic mass is 9.77. The Kier molecular flexibility index (Phi) is 7.62. The zero-order valence-electron chi connectivity index (χ0n) is 13.0. The molecule has 1 rings (SSSR count). The average molecular weight is 282 g/mol. The maximum absolute atomic E-state index is 4.49. The zero-order chi connectivity index (χ0) is 14.1. The molecule has 0 bridgehead atoms. The number of hydrogen-bond acceptors (Lipinski definition) is 3. The van der Waals surface area contributed by atoms with Gasteiger partial charge in [-0.15, -0.1) is 11.3 Å². The van der Waals surface area contributed by atoms with Crippen LogP contribution >= 0.6 is 11.3 Å². The Hall–Kier alpha value is -0.410. The van der Waals surface area contributed by atoms with Gasteiger partial charge in [0.05, 0.1) is 5.01 Å². The Labute approximate surface area is 123 Å². The molecular formula is C16H30N2S. The first-order chi connectivity index (χ1) is 9.12. The number of unbranched alkanes of at least 4 members (excludes halogenated alkanes) is 1. The average Bonchev–Trinajstić information content (AvgIpc) is 2.88. The maximum atomic E-state index is 4.49. The predicted octanol–water partition coefficient (Wildman–Crippen LogP) is 4.52. The lowest BCUT2D eigenvalue weighted by Crippen LogP contribution is -2.37. The molecule has 0 amide bonds. The summed E-state index contributed by atoms with van der Waals surface area (Å²) in [4.78, 5) is 4.49. The van der Waals surface area contributed by atoms with Gasteiger partial charge in [-0.1, -0.05) is 40.5 Å². The highest BCUT2D eigenvalue weighted by Crippen LogP contribution is 2.33. The molecule has 19 heavy (non-hydrogen) atoms. The number of hydrogen-bond donors (Lipinski definition) is 1. The van der Waals surface area contributed by atoms with Crippen LogP contribution in [0, 0.1) is 11.3 Å². The fourth-order valence-electron chi connectivity index (χ4n) is 2.50. The van der Waals surface area contributed by atoms with E-state index in [1.165, 1.54) is 30.7 Å². The van der Waals surface area contributed by atoms with E-state index in [1.807, 2.05) is 6.20 Å². The van der Waals surface area contributed by atoms with Crippen LogP contribution in [0.2, 0.25) is 0 Å².